The van der Waals surface area contributed by atoms with Crippen LogP contribution in [-0.4, -0.2) is 30.9 Å². The first kappa shape index (κ1) is 19.6. The van der Waals surface area contributed by atoms with Crippen molar-refractivity contribution in [1.82, 2.24) is 0 Å². The number of Topliss-reactive ketones (excluding diaryl/α,β-unsaturated/α-hetero) is 1. The molecule has 0 aromatic heterocycles. The van der Waals surface area contributed by atoms with Crippen molar-refractivity contribution in [2.24, 2.45) is 5.92 Å². The van der Waals surface area contributed by atoms with Crippen molar-refractivity contribution >= 4 is 17.7 Å². The molecular weight excluding hydrogens is 272 g/mol. The molecule has 122 valence electrons. The molecule has 0 aromatic rings. The molecule has 0 aliphatic heterocycles. The quantitative estimate of drug-likeness (QED) is 0.315. The van der Waals surface area contributed by atoms with Gasteiger partial charge >= 0.3 is 11.9 Å². The Morgan fingerprint density at radius 1 is 0.762 bits per heavy atom. The summed E-state index contributed by atoms with van der Waals surface area (Å²) >= 11 is 0. The highest BCUT2D eigenvalue weighted by Crippen LogP contribution is 2.13. The van der Waals surface area contributed by atoms with Crippen molar-refractivity contribution in [2.75, 3.05) is 13.2 Å². The van der Waals surface area contributed by atoms with Crippen LogP contribution in [0.15, 0.2) is 0 Å². The molecular formula is C16H28O5. The molecule has 0 unspecified atom stereocenters. The van der Waals surface area contributed by atoms with E-state index in [1.165, 1.54) is 12.8 Å². The molecule has 21 heavy (non-hydrogen) atoms. The number of esters is 2. The van der Waals surface area contributed by atoms with Crippen LogP contribution >= 0.6 is 0 Å². The molecule has 0 aromatic carbocycles. The van der Waals surface area contributed by atoms with Gasteiger partial charge in [-0.05, 0) is 20.3 Å². The summed E-state index contributed by atoms with van der Waals surface area (Å²) in [6.07, 6.45) is 6.44. The summed E-state index contributed by atoms with van der Waals surface area (Å²) in [6, 6.07) is 0. The minimum absolute atomic E-state index is 0.138. The largest absolute Gasteiger partial charge is 0.465 e. The third kappa shape index (κ3) is 8.48. The van der Waals surface area contributed by atoms with Gasteiger partial charge in [0.1, 0.15) is 0 Å². The molecule has 0 saturated heterocycles. The van der Waals surface area contributed by atoms with Crippen LogP contribution in [0.2, 0.25) is 0 Å². The van der Waals surface area contributed by atoms with Crippen molar-refractivity contribution in [2.45, 2.75) is 65.7 Å². The minimum atomic E-state index is -1.42. The zero-order valence-corrected chi connectivity index (χ0v) is 13.5. The van der Waals surface area contributed by atoms with Crippen LogP contribution in [0.4, 0.5) is 0 Å². The normalized spacial score (nSPS) is 10.5. The van der Waals surface area contributed by atoms with Crippen molar-refractivity contribution in [3.05, 3.63) is 0 Å². The van der Waals surface area contributed by atoms with Crippen molar-refractivity contribution in [3.8, 4) is 0 Å². The lowest BCUT2D eigenvalue weighted by Crippen LogP contribution is -2.34. The predicted molar refractivity (Wildman–Crippen MR) is 79.8 cm³/mol. The Morgan fingerprint density at radius 3 is 1.71 bits per heavy atom. The van der Waals surface area contributed by atoms with Gasteiger partial charge in [0, 0.05) is 6.42 Å². The van der Waals surface area contributed by atoms with Gasteiger partial charge in [0.2, 0.25) is 5.92 Å². The third-order valence-corrected chi connectivity index (χ3v) is 3.14. The zero-order chi connectivity index (χ0) is 16.1. The number of ether oxygens (including phenoxy) is 2. The van der Waals surface area contributed by atoms with Crippen molar-refractivity contribution in [1.29, 1.82) is 0 Å². The number of carbonyl (C=O) groups is 3. The van der Waals surface area contributed by atoms with Gasteiger partial charge in [-0.1, -0.05) is 39.0 Å². The maximum Gasteiger partial charge on any atom is 0.328 e. The molecule has 0 fully saturated rings. The molecule has 0 heterocycles. The fourth-order valence-electron chi connectivity index (χ4n) is 2.03. The maximum absolute atomic E-state index is 12.1. The highest BCUT2D eigenvalue weighted by atomic mass is 16.6. The second-order valence-corrected chi connectivity index (χ2v) is 4.92. The molecule has 0 N–H and O–H groups in total. The summed E-state index contributed by atoms with van der Waals surface area (Å²) < 4.78 is 9.58. The Hall–Kier alpha value is -1.39. The van der Waals surface area contributed by atoms with E-state index >= 15 is 0 Å². The predicted octanol–water partition coefficient (Wildman–Crippen LogP) is 3.05. The molecule has 0 rings (SSSR count). The van der Waals surface area contributed by atoms with Crippen LogP contribution in [-0.2, 0) is 23.9 Å². The Labute approximate surface area is 127 Å². The summed E-state index contributed by atoms with van der Waals surface area (Å²) in [5, 5.41) is 0. The molecule has 0 aliphatic rings. The number of hydrogen-bond donors (Lipinski definition) is 0. The first-order valence-electron chi connectivity index (χ1n) is 7.94. The Bertz CT molecular complexity index is 307. The molecule has 5 heteroatoms. The SMILES string of the molecule is CCCCCCCCC(=O)C(C(=O)OCC)C(=O)OCC. The van der Waals surface area contributed by atoms with Gasteiger partial charge in [-0.2, -0.15) is 0 Å². The number of carbonyl (C=O) groups excluding carboxylic acids is 3. The van der Waals surface area contributed by atoms with E-state index in [0.717, 1.165) is 19.3 Å². The lowest BCUT2D eigenvalue weighted by atomic mass is 9.98. The molecule has 0 spiro atoms. The highest BCUT2D eigenvalue weighted by Gasteiger charge is 2.35. The summed E-state index contributed by atoms with van der Waals surface area (Å²) in [5.41, 5.74) is 0. The summed E-state index contributed by atoms with van der Waals surface area (Å²) in [7, 11) is 0. The smallest absolute Gasteiger partial charge is 0.328 e. The summed E-state index contributed by atoms with van der Waals surface area (Å²) in [6.45, 7) is 5.70. The van der Waals surface area contributed by atoms with Gasteiger partial charge < -0.3 is 9.47 Å². The lowest BCUT2D eigenvalue weighted by Gasteiger charge is -2.13. The Morgan fingerprint density at radius 2 is 1.24 bits per heavy atom. The van der Waals surface area contributed by atoms with Crippen LogP contribution < -0.4 is 0 Å². The number of rotatable bonds is 12. The van der Waals surface area contributed by atoms with E-state index in [2.05, 4.69) is 6.92 Å². The van der Waals surface area contributed by atoms with E-state index in [1.54, 1.807) is 13.8 Å². The van der Waals surface area contributed by atoms with E-state index in [0.29, 0.717) is 6.42 Å². The molecule has 0 saturated carbocycles. The van der Waals surface area contributed by atoms with Crippen LogP contribution in [0.5, 0.6) is 0 Å². The molecule has 0 radical (unpaired) electrons. The molecule has 0 aliphatic carbocycles. The van der Waals surface area contributed by atoms with Gasteiger partial charge in [0.15, 0.2) is 5.78 Å². The summed E-state index contributed by atoms with van der Waals surface area (Å²) in [4.78, 5) is 35.5. The highest BCUT2D eigenvalue weighted by molar-refractivity contribution is 6.14. The van der Waals surface area contributed by atoms with Crippen LogP contribution in [0.25, 0.3) is 0 Å². The van der Waals surface area contributed by atoms with Crippen LogP contribution in [0.3, 0.4) is 0 Å². The molecule has 0 amide bonds. The van der Waals surface area contributed by atoms with Gasteiger partial charge in [-0.25, -0.2) is 0 Å². The maximum atomic E-state index is 12.1. The zero-order valence-electron chi connectivity index (χ0n) is 13.5. The Balaban J connectivity index is 4.31. The second-order valence-electron chi connectivity index (χ2n) is 4.92. The van der Waals surface area contributed by atoms with E-state index in [4.69, 9.17) is 9.47 Å². The van der Waals surface area contributed by atoms with E-state index in [-0.39, 0.29) is 19.6 Å². The van der Waals surface area contributed by atoms with Gasteiger partial charge in [-0.3, -0.25) is 14.4 Å². The average Bonchev–Trinajstić information content (AvgIpc) is 2.43. The lowest BCUT2D eigenvalue weighted by molar-refractivity contribution is -0.164. The van der Waals surface area contributed by atoms with E-state index < -0.39 is 23.6 Å². The first-order chi connectivity index (χ1) is 10.1. The average molecular weight is 300 g/mol. The third-order valence-electron chi connectivity index (χ3n) is 3.14. The minimum Gasteiger partial charge on any atom is -0.465 e. The number of hydrogen-bond acceptors (Lipinski definition) is 5. The van der Waals surface area contributed by atoms with Crippen LogP contribution in [0, 0.1) is 5.92 Å². The van der Waals surface area contributed by atoms with Gasteiger partial charge in [0.25, 0.3) is 0 Å². The monoisotopic (exact) mass is 300 g/mol. The van der Waals surface area contributed by atoms with E-state index in [9.17, 15) is 14.4 Å². The molecule has 5 nitrogen and oxygen atoms in total. The molecule has 0 bridgehead atoms. The van der Waals surface area contributed by atoms with Crippen molar-refractivity contribution < 1.29 is 23.9 Å². The number of unbranched alkanes of at least 4 members (excludes halogenated alkanes) is 5. The first-order valence-corrected chi connectivity index (χ1v) is 7.94. The second kappa shape index (κ2) is 12.4. The van der Waals surface area contributed by atoms with E-state index in [1.807, 2.05) is 0 Å². The molecule has 0 atom stereocenters. The fourth-order valence-corrected chi connectivity index (χ4v) is 2.03. The van der Waals surface area contributed by atoms with Gasteiger partial charge in [-0.15, -0.1) is 0 Å². The summed E-state index contributed by atoms with van der Waals surface area (Å²) in [5.74, 6) is -3.42. The Kier molecular flexibility index (Phi) is 11.5. The fraction of sp³-hybridized carbons (Fsp3) is 0.812. The van der Waals surface area contributed by atoms with Crippen LogP contribution in [0.1, 0.15) is 65.7 Å². The van der Waals surface area contributed by atoms with Crippen molar-refractivity contribution in [3.63, 3.8) is 0 Å². The standard InChI is InChI=1S/C16H28O5/c1-4-7-8-9-10-11-12-13(17)14(15(18)20-5-2)16(19)21-6-3/h14H,4-12H2,1-3H3. The number of ketones is 1. The topological polar surface area (TPSA) is 69.7 Å². The van der Waals surface area contributed by atoms with Gasteiger partial charge in [0.05, 0.1) is 13.2 Å².